The molecule has 0 saturated carbocycles. The van der Waals surface area contributed by atoms with Crippen LogP contribution >= 0.6 is 12.4 Å². The van der Waals surface area contributed by atoms with Crippen LogP contribution in [-0.4, -0.2) is 25.7 Å². The first kappa shape index (κ1) is 22.5. The largest absolute Gasteiger partial charge is 0.493 e. The van der Waals surface area contributed by atoms with Gasteiger partial charge in [0.15, 0.2) is 11.5 Å². The molecule has 1 aromatic carbocycles. The van der Waals surface area contributed by atoms with Crippen LogP contribution in [0.15, 0.2) is 18.2 Å². The minimum Gasteiger partial charge on any atom is -0.493 e. The van der Waals surface area contributed by atoms with Crippen molar-refractivity contribution in [3.63, 3.8) is 0 Å². The van der Waals surface area contributed by atoms with E-state index in [1.807, 2.05) is 32.0 Å². The van der Waals surface area contributed by atoms with Gasteiger partial charge in [0.2, 0.25) is 5.91 Å². The number of rotatable bonds is 10. The zero-order valence-corrected chi connectivity index (χ0v) is 15.9. The first-order valence-corrected chi connectivity index (χ1v) is 8.36. The lowest BCUT2D eigenvalue weighted by molar-refractivity contribution is -0.123. The average molecular weight is 359 g/mol. The van der Waals surface area contributed by atoms with Gasteiger partial charge in [0.1, 0.15) is 0 Å². The van der Waals surface area contributed by atoms with Crippen molar-refractivity contribution >= 4 is 18.3 Å². The van der Waals surface area contributed by atoms with Crippen LogP contribution < -0.4 is 20.5 Å². The van der Waals surface area contributed by atoms with Crippen LogP contribution in [0.2, 0.25) is 0 Å². The minimum absolute atomic E-state index is 0. The number of benzene rings is 1. The molecule has 0 fully saturated rings. The second-order valence-corrected chi connectivity index (χ2v) is 5.82. The number of ether oxygens (including phenoxy) is 2. The number of nitrogens with one attached hydrogen (secondary N) is 1. The highest BCUT2D eigenvalue weighted by atomic mass is 35.5. The van der Waals surface area contributed by atoms with Gasteiger partial charge in [-0.25, -0.2) is 0 Å². The predicted octanol–water partition coefficient (Wildman–Crippen LogP) is 3.29. The highest BCUT2D eigenvalue weighted by Crippen LogP contribution is 2.28. The molecule has 0 radical (unpaired) electrons. The second kappa shape index (κ2) is 12.0. The van der Waals surface area contributed by atoms with E-state index in [2.05, 4.69) is 12.2 Å². The van der Waals surface area contributed by atoms with Crippen molar-refractivity contribution in [3.05, 3.63) is 23.8 Å². The van der Waals surface area contributed by atoms with E-state index in [0.717, 1.165) is 30.6 Å². The summed E-state index contributed by atoms with van der Waals surface area (Å²) in [4.78, 5) is 12.0. The Morgan fingerprint density at radius 2 is 2.00 bits per heavy atom. The van der Waals surface area contributed by atoms with Crippen molar-refractivity contribution in [3.8, 4) is 11.5 Å². The summed E-state index contributed by atoms with van der Waals surface area (Å²) in [5.41, 5.74) is 6.88. The molecule has 24 heavy (non-hydrogen) atoms. The summed E-state index contributed by atoms with van der Waals surface area (Å²) in [6.07, 6.45) is 2.98. The van der Waals surface area contributed by atoms with Gasteiger partial charge in [0.25, 0.3) is 0 Å². The summed E-state index contributed by atoms with van der Waals surface area (Å²) in [5, 5.41) is 2.88. The molecule has 5 nitrogen and oxygen atoms in total. The fraction of sp³-hybridized carbons (Fsp3) is 0.611. The molecule has 0 heterocycles. The third-order valence-corrected chi connectivity index (χ3v) is 4.01. The molecule has 3 N–H and O–H groups in total. The molecule has 0 aliphatic carbocycles. The van der Waals surface area contributed by atoms with E-state index in [-0.39, 0.29) is 24.2 Å². The van der Waals surface area contributed by atoms with Crippen LogP contribution in [-0.2, 0) is 11.3 Å². The standard InChI is InChI=1S/C18H30N2O3.ClH/c1-5-7-10-23-15-9-8-14(11-16(15)22-4)12-20-18(21)17(19)13(3)6-2;/h8-9,11,13,17H,5-7,10,12,19H2,1-4H3,(H,20,21);1H. The zero-order chi connectivity index (χ0) is 17.2. The topological polar surface area (TPSA) is 73.6 Å². The van der Waals surface area contributed by atoms with Crippen LogP contribution in [0.3, 0.4) is 0 Å². The molecule has 0 spiro atoms. The first-order valence-electron chi connectivity index (χ1n) is 8.36. The Bertz CT molecular complexity index is 497. The number of carbonyl (C=O) groups is 1. The summed E-state index contributed by atoms with van der Waals surface area (Å²) < 4.78 is 11.1. The maximum Gasteiger partial charge on any atom is 0.237 e. The van der Waals surface area contributed by atoms with Crippen LogP contribution in [0.4, 0.5) is 0 Å². The number of hydrogen-bond donors (Lipinski definition) is 2. The van der Waals surface area contributed by atoms with Crippen molar-refractivity contribution < 1.29 is 14.3 Å². The number of nitrogens with two attached hydrogens (primary N) is 1. The first-order chi connectivity index (χ1) is 11.0. The summed E-state index contributed by atoms with van der Waals surface area (Å²) in [5.74, 6) is 1.45. The van der Waals surface area contributed by atoms with E-state index >= 15 is 0 Å². The van der Waals surface area contributed by atoms with Gasteiger partial charge in [-0.05, 0) is 30.0 Å². The molecule has 138 valence electrons. The highest BCUT2D eigenvalue weighted by molar-refractivity contribution is 5.85. The van der Waals surface area contributed by atoms with Gasteiger partial charge in [-0.1, -0.05) is 39.7 Å². The Morgan fingerprint density at radius 1 is 1.29 bits per heavy atom. The van der Waals surface area contributed by atoms with E-state index in [1.54, 1.807) is 7.11 Å². The van der Waals surface area contributed by atoms with E-state index in [0.29, 0.717) is 18.9 Å². The summed E-state index contributed by atoms with van der Waals surface area (Å²) in [6.45, 7) is 7.23. The van der Waals surface area contributed by atoms with Gasteiger partial charge in [0.05, 0.1) is 19.8 Å². The monoisotopic (exact) mass is 358 g/mol. The Labute approximate surface area is 151 Å². The fourth-order valence-corrected chi connectivity index (χ4v) is 2.09. The van der Waals surface area contributed by atoms with Gasteiger partial charge in [0, 0.05) is 6.54 Å². The molecule has 1 aromatic rings. The van der Waals surface area contributed by atoms with E-state index in [1.165, 1.54) is 0 Å². The summed E-state index contributed by atoms with van der Waals surface area (Å²) in [6, 6.07) is 5.22. The Hall–Kier alpha value is -1.46. The van der Waals surface area contributed by atoms with Crippen LogP contribution in [0.25, 0.3) is 0 Å². The third-order valence-electron chi connectivity index (χ3n) is 4.01. The smallest absolute Gasteiger partial charge is 0.237 e. The Balaban J connectivity index is 0.00000529. The van der Waals surface area contributed by atoms with E-state index < -0.39 is 6.04 Å². The predicted molar refractivity (Wildman–Crippen MR) is 99.9 cm³/mol. The van der Waals surface area contributed by atoms with E-state index in [9.17, 15) is 4.79 Å². The molecule has 0 bridgehead atoms. The zero-order valence-electron chi connectivity index (χ0n) is 15.1. The number of carbonyl (C=O) groups excluding carboxylic acids is 1. The van der Waals surface area contributed by atoms with Crippen molar-refractivity contribution in [2.24, 2.45) is 11.7 Å². The van der Waals surface area contributed by atoms with Gasteiger partial charge < -0.3 is 20.5 Å². The summed E-state index contributed by atoms with van der Waals surface area (Å²) in [7, 11) is 1.61. The fourth-order valence-electron chi connectivity index (χ4n) is 2.09. The molecule has 1 amide bonds. The molecular formula is C18H31ClN2O3. The third kappa shape index (κ3) is 6.97. The Kier molecular flexibility index (Phi) is 11.3. The van der Waals surface area contributed by atoms with Crippen LogP contribution in [0.5, 0.6) is 11.5 Å². The molecule has 6 heteroatoms. The number of amides is 1. The van der Waals surface area contributed by atoms with Crippen molar-refractivity contribution in [2.75, 3.05) is 13.7 Å². The maximum absolute atomic E-state index is 12.0. The van der Waals surface area contributed by atoms with Crippen molar-refractivity contribution in [1.82, 2.24) is 5.32 Å². The lowest BCUT2D eigenvalue weighted by atomic mass is 9.99. The second-order valence-electron chi connectivity index (χ2n) is 5.82. The lowest BCUT2D eigenvalue weighted by Crippen LogP contribution is -2.44. The van der Waals surface area contributed by atoms with Crippen molar-refractivity contribution in [1.29, 1.82) is 0 Å². The lowest BCUT2D eigenvalue weighted by Gasteiger charge is -2.18. The highest BCUT2D eigenvalue weighted by Gasteiger charge is 2.19. The molecule has 2 unspecified atom stereocenters. The Morgan fingerprint density at radius 3 is 2.58 bits per heavy atom. The van der Waals surface area contributed by atoms with Crippen LogP contribution in [0.1, 0.15) is 45.6 Å². The van der Waals surface area contributed by atoms with Gasteiger partial charge in [-0.15, -0.1) is 12.4 Å². The normalized spacial score (nSPS) is 12.7. The van der Waals surface area contributed by atoms with Gasteiger partial charge in [-0.2, -0.15) is 0 Å². The molecule has 0 aliphatic rings. The summed E-state index contributed by atoms with van der Waals surface area (Å²) >= 11 is 0. The molecule has 0 aliphatic heterocycles. The maximum atomic E-state index is 12.0. The molecule has 0 saturated heterocycles. The number of hydrogen-bond acceptors (Lipinski definition) is 4. The van der Waals surface area contributed by atoms with Crippen LogP contribution in [0, 0.1) is 5.92 Å². The SMILES string of the molecule is CCCCOc1ccc(CNC(=O)C(N)C(C)CC)cc1OC.Cl. The minimum atomic E-state index is -0.474. The quantitative estimate of drug-likeness (QED) is 0.629. The average Bonchev–Trinajstić information content (AvgIpc) is 2.58. The molecule has 2 atom stereocenters. The molecule has 0 aromatic heterocycles. The van der Waals surface area contributed by atoms with Gasteiger partial charge >= 0.3 is 0 Å². The van der Waals surface area contributed by atoms with E-state index in [4.69, 9.17) is 15.2 Å². The number of unbranched alkanes of at least 4 members (excludes halogenated alkanes) is 1. The number of halogens is 1. The van der Waals surface area contributed by atoms with Crippen molar-refractivity contribution in [2.45, 2.75) is 52.6 Å². The number of methoxy groups -OCH3 is 1. The molecular weight excluding hydrogens is 328 g/mol. The van der Waals surface area contributed by atoms with Gasteiger partial charge in [-0.3, -0.25) is 4.79 Å². The molecule has 1 rings (SSSR count).